The van der Waals surface area contributed by atoms with Crippen LogP contribution in [0.1, 0.15) is 260 Å². The maximum Gasteiger partial charge on any atom is 0.306 e. The van der Waals surface area contributed by atoms with E-state index in [1.807, 2.05) is 25.1 Å². The lowest BCUT2D eigenvalue weighted by Gasteiger charge is -2.24. The van der Waals surface area contributed by atoms with Crippen molar-refractivity contribution in [3.05, 3.63) is 25.3 Å². The SMILES string of the molecule is C.C=CC(=O)CCN(C)C.C=CCCCCCCCCCCC.CCCCCCCCC(CCCCCC)OC(=O)CCCCCCCOC[C@@H]1CC(C)CN1CCCCCC(C)=O. The first-order chi connectivity index (χ1) is 30.5. The van der Waals surface area contributed by atoms with Crippen molar-refractivity contribution in [3.63, 3.8) is 0 Å². The Morgan fingerprint density at radius 2 is 1.14 bits per heavy atom. The predicted octanol–water partition coefficient (Wildman–Crippen LogP) is 16.3. The minimum absolute atomic E-state index is 0. The first kappa shape index (κ1) is 66.4. The van der Waals surface area contributed by atoms with Crippen molar-refractivity contribution in [3.8, 4) is 0 Å². The topological polar surface area (TPSA) is 76.2 Å². The van der Waals surface area contributed by atoms with E-state index >= 15 is 0 Å². The van der Waals surface area contributed by atoms with Crippen LogP contribution in [0.15, 0.2) is 25.3 Å². The van der Waals surface area contributed by atoms with Crippen molar-refractivity contribution in [2.75, 3.05) is 46.9 Å². The first-order valence-electron chi connectivity index (χ1n) is 27.0. The van der Waals surface area contributed by atoms with Gasteiger partial charge in [0.05, 0.1) is 6.61 Å². The van der Waals surface area contributed by atoms with Gasteiger partial charge in [-0.15, -0.1) is 6.58 Å². The van der Waals surface area contributed by atoms with Crippen LogP contribution >= 0.6 is 0 Å². The normalized spacial score (nSPS) is 15.1. The van der Waals surface area contributed by atoms with Crippen molar-refractivity contribution in [1.29, 1.82) is 0 Å². The molecule has 0 N–H and O–H groups in total. The summed E-state index contributed by atoms with van der Waals surface area (Å²) >= 11 is 0. The van der Waals surface area contributed by atoms with E-state index in [1.165, 1.54) is 167 Å². The van der Waals surface area contributed by atoms with E-state index in [2.05, 4.69) is 45.8 Å². The van der Waals surface area contributed by atoms with Gasteiger partial charge in [-0.25, -0.2) is 0 Å². The van der Waals surface area contributed by atoms with Crippen molar-refractivity contribution < 1.29 is 23.9 Å². The molecule has 1 fully saturated rings. The molecule has 0 aromatic heterocycles. The van der Waals surface area contributed by atoms with Crippen LogP contribution in [-0.4, -0.2) is 86.4 Å². The molecule has 0 aromatic rings. The summed E-state index contributed by atoms with van der Waals surface area (Å²) in [6, 6.07) is 0.556. The molecule has 1 rings (SSSR count). The summed E-state index contributed by atoms with van der Waals surface area (Å²) in [4.78, 5) is 38.8. The Kier molecular flexibility index (Phi) is 54.1. The van der Waals surface area contributed by atoms with Crippen LogP contribution in [0.4, 0.5) is 0 Å². The minimum atomic E-state index is 0. The average molecular weight is 906 g/mol. The lowest BCUT2D eigenvalue weighted by atomic mass is 10.0. The minimum Gasteiger partial charge on any atom is -0.462 e. The quantitative estimate of drug-likeness (QED) is 0.0261. The molecule has 380 valence electrons. The Labute approximate surface area is 400 Å². The maximum atomic E-state index is 12.5. The lowest BCUT2D eigenvalue weighted by Crippen LogP contribution is -2.34. The Morgan fingerprint density at radius 3 is 1.67 bits per heavy atom. The Bertz CT molecular complexity index is 1030. The number of ketones is 2. The second-order valence-corrected chi connectivity index (χ2v) is 19.2. The van der Waals surface area contributed by atoms with Gasteiger partial charge in [0.15, 0.2) is 5.78 Å². The van der Waals surface area contributed by atoms with Gasteiger partial charge in [-0.05, 0) is 110 Å². The standard InChI is InChI=1S/C36H69NO4.C13H26.C7H13NO.CH4/c1-5-7-9-11-13-19-25-35(24-18-10-8-6-2)41-36(39)26-20-14-12-15-22-28-40-31-34-29-32(3)30-37(34)27-21-16-17-23-33(4)38;1-3-5-7-9-11-13-12-10-8-6-4-2;1-4-7(9)5-6-8(2)3;/h32,34-35H,5-31H2,1-4H3;3H,1,4-13H2,2H3;4H,1,5-6H2,2-3H3;1H4/t32?,34-,35?;;;/m0.../s1. The third-order valence-corrected chi connectivity index (χ3v) is 12.3. The molecule has 1 aliphatic rings. The van der Waals surface area contributed by atoms with Crippen molar-refractivity contribution in [2.45, 2.75) is 272 Å². The van der Waals surface area contributed by atoms with Gasteiger partial charge in [-0.1, -0.05) is 176 Å². The van der Waals surface area contributed by atoms with Crippen LogP contribution in [0.25, 0.3) is 0 Å². The van der Waals surface area contributed by atoms with Gasteiger partial charge in [-0.2, -0.15) is 0 Å². The Hall–Kier alpha value is -1.83. The molecule has 7 heteroatoms. The molecule has 1 saturated heterocycles. The monoisotopic (exact) mass is 905 g/mol. The number of esters is 1. The fraction of sp³-hybridized carbons (Fsp3) is 0.877. The average Bonchev–Trinajstić information content (AvgIpc) is 3.62. The number of Topliss-reactive ketones (excluding diaryl/α,β-unsaturated/α-hetero) is 1. The van der Waals surface area contributed by atoms with E-state index < -0.39 is 0 Å². The van der Waals surface area contributed by atoms with Gasteiger partial charge in [0.1, 0.15) is 11.9 Å². The van der Waals surface area contributed by atoms with Crippen LogP contribution < -0.4 is 0 Å². The summed E-state index contributed by atoms with van der Waals surface area (Å²) in [6.45, 7) is 22.7. The molecular formula is C57H112N2O5. The zero-order chi connectivity index (χ0) is 47.0. The van der Waals surface area contributed by atoms with E-state index in [0.29, 0.717) is 24.7 Å². The number of allylic oxidation sites excluding steroid dienone is 2. The van der Waals surface area contributed by atoms with E-state index in [-0.39, 0.29) is 25.3 Å². The van der Waals surface area contributed by atoms with Crippen molar-refractivity contribution in [2.24, 2.45) is 5.92 Å². The molecule has 0 saturated carbocycles. The summed E-state index contributed by atoms with van der Waals surface area (Å²) in [5, 5.41) is 0. The third kappa shape index (κ3) is 49.6. The van der Waals surface area contributed by atoms with Crippen LogP contribution in [0.2, 0.25) is 0 Å². The smallest absolute Gasteiger partial charge is 0.306 e. The largest absolute Gasteiger partial charge is 0.462 e. The number of nitrogens with zero attached hydrogens (tertiary/aromatic N) is 2. The predicted molar refractivity (Wildman–Crippen MR) is 281 cm³/mol. The molecule has 0 aliphatic carbocycles. The van der Waals surface area contributed by atoms with Gasteiger partial charge >= 0.3 is 5.97 Å². The number of carbonyl (C=O) groups is 3. The summed E-state index contributed by atoms with van der Waals surface area (Å²) in [5.74, 6) is 1.20. The summed E-state index contributed by atoms with van der Waals surface area (Å²) in [7, 11) is 3.88. The summed E-state index contributed by atoms with van der Waals surface area (Å²) in [6.07, 6.45) is 44.3. The third-order valence-electron chi connectivity index (χ3n) is 12.3. The molecule has 64 heavy (non-hydrogen) atoms. The number of ether oxygens (including phenoxy) is 2. The second-order valence-electron chi connectivity index (χ2n) is 19.2. The Morgan fingerprint density at radius 1 is 0.656 bits per heavy atom. The van der Waals surface area contributed by atoms with Crippen LogP contribution in [0.3, 0.4) is 0 Å². The molecule has 1 heterocycles. The van der Waals surface area contributed by atoms with Crippen molar-refractivity contribution in [1.82, 2.24) is 9.80 Å². The molecule has 0 radical (unpaired) electrons. The molecule has 1 aliphatic heterocycles. The number of hydrogen-bond acceptors (Lipinski definition) is 7. The molecule has 0 bridgehead atoms. The molecule has 0 amide bonds. The van der Waals surface area contributed by atoms with Crippen LogP contribution in [0, 0.1) is 5.92 Å². The first-order valence-corrected chi connectivity index (χ1v) is 27.0. The fourth-order valence-electron chi connectivity index (χ4n) is 8.27. The number of carbonyl (C=O) groups excluding carboxylic acids is 3. The Balaban J connectivity index is -0.00000132. The highest BCUT2D eigenvalue weighted by Gasteiger charge is 2.29. The van der Waals surface area contributed by atoms with E-state index in [1.54, 1.807) is 6.92 Å². The molecule has 2 unspecified atom stereocenters. The van der Waals surface area contributed by atoms with E-state index in [4.69, 9.17) is 9.47 Å². The number of likely N-dealkylation sites (tertiary alicyclic amines) is 1. The highest BCUT2D eigenvalue weighted by atomic mass is 16.5. The maximum absolute atomic E-state index is 12.5. The summed E-state index contributed by atoms with van der Waals surface area (Å²) < 4.78 is 12.0. The highest BCUT2D eigenvalue weighted by molar-refractivity contribution is 5.89. The van der Waals surface area contributed by atoms with Crippen LogP contribution in [-0.2, 0) is 23.9 Å². The number of rotatable bonds is 43. The molecule has 0 aromatic carbocycles. The molecule has 0 spiro atoms. The van der Waals surface area contributed by atoms with Crippen LogP contribution in [0.5, 0.6) is 0 Å². The zero-order valence-electron chi connectivity index (χ0n) is 43.3. The lowest BCUT2D eigenvalue weighted by molar-refractivity contribution is -0.150. The van der Waals surface area contributed by atoms with Gasteiger partial charge in [0.2, 0.25) is 0 Å². The van der Waals surface area contributed by atoms with Gasteiger partial charge in [0.25, 0.3) is 0 Å². The molecular weight excluding hydrogens is 793 g/mol. The van der Waals surface area contributed by atoms with Gasteiger partial charge in [0, 0.05) is 45.0 Å². The van der Waals surface area contributed by atoms with Gasteiger partial charge in [-0.3, -0.25) is 14.5 Å². The summed E-state index contributed by atoms with van der Waals surface area (Å²) in [5.41, 5.74) is 0. The van der Waals surface area contributed by atoms with E-state index in [9.17, 15) is 14.4 Å². The molecule has 3 atom stereocenters. The second kappa shape index (κ2) is 52.1. The highest BCUT2D eigenvalue weighted by Crippen LogP contribution is 2.24. The number of unbranched alkanes of at least 4 members (excludes halogenated alkanes) is 23. The molecule has 7 nitrogen and oxygen atoms in total. The fourth-order valence-corrected chi connectivity index (χ4v) is 8.27. The van der Waals surface area contributed by atoms with E-state index in [0.717, 1.165) is 83.6 Å². The zero-order valence-corrected chi connectivity index (χ0v) is 43.3. The number of hydrogen-bond donors (Lipinski definition) is 0. The van der Waals surface area contributed by atoms with Crippen molar-refractivity contribution >= 4 is 17.5 Å². The van der Waals surface area contributed by atoms with Gasteiger partial charge < -0.3 is 19.2 Å².